The fourth-order valence-corrected chi connectivity index (χ4v) is 3.49. The minimum atomic E-state index is -0.933. The highest BCUT2D eigenvalue weighted by Crippen LogP contribution is 2.38. The summed E-state index contributed by atoms with van der Waals surface area (Å²) in [7, 11) is 1.20. The molecule has 0 bridgehead atoms. The smallest absolute Gasteiger partial charge is 0.315 e. The zero-order chi connectivity index (χ0) is 30.4. The minimum Gasteiger partial charge on any atom is -0.504 e. The van der Waals surface area contributed by atoms with E-state index < -0.39 is 61.7 Å². The van der Waals surface area contributed by atoms with Gasteiger partial charge in [-0.25, -0.2) is 8.78 Å². The van der Waals surface area contributed by atoms with Crippen LogP contribution >= 0.6 is 0 Å². The molecule has 0 atom stereocenters. The molecule has 4 aromatic rings. The maximum absolute atomic E-state index is 13.1. The van der Waals surface area contributed by atoms with Crippen molar-refractivity contribution in [3.8, 4) is 23.0 Å². The van der Waals surface area contributed by atoms with E-state index in [0.717, 1.165) is 42.5 Å². The van der Waals surface area contributed by atoms with Crippen LogP contribution in [0.15, 0.2) is 72.8 Å². The number of halogens is 2. The largest absolute Gasteiger partial charge is 0.504 e. The molecule has 41 heavy (non-hydrogen) atoms. The lowest BCUT2D eigenvalue weighted by Gasteiger charge is -2.07. The number of nitro benzene ring substituents is 2. The fourth-order valence-electron chi connectivity index (χ4n) is 3.49. The zero-order valence-electron chi connectivity index (χ0n) is 20.8. The predicted octanol–water partition coefficient (Wildman–Crippen LogP) is 5.06. The number of nitro groups is 2. The number of carbonyl (C=O) groups excluding carboxylic acids is 2. The van der Waals surface area contributed by atoms with E-state index in [1.165, 1.54) is 37.4 Å². The molecule has 3 N–H and O–H groups in total. The van der Waals surface area contributed by atoms with Crippen LogP contribution in [-0.2, 0) is 0 Å². The maximum Gasteiger partial charge on any atom is 0.315 e. The second-order valence-corrected chi connectivity index (χ2v) is 8.10. The summed E-state index contributed by atoms with van der Waals surface area (Å²) in [6, 6.07) is 13.5. The molecule has 0 amide bonds. The van der Waals surface area contributed by atoms with Crippen LogP contribution in [0.5, 0.6) is 23.0 Å². The van der Waals surface area contributed by atoms with E-state index >= 15 is 0 Å². The van der Waals surface area contributed by atoms with Gasteiger partial charge in [0.05, 0.1) is 17.0 Å². The van der Waals surface area contributed by atoms with Crippen LogP contribution in [0.25, 0.3) is 0 Å². The highest BCUT2D eigenvalue weighted by atomic mass is 19.1. The first-order valence-corrected chi connectivity index (χ1v) is 11.2. The van der Waals surface area contributed by atoms with Gasteiger partial charge in [0.1, 0.15) is 11.6 Å². The van der Waals surface area contributed by atoms with Crippen molar-refractivity contribution in [3.63, 3.8) is 0 Å². The summed E-state index contributed by atoms with van der Waals surface area (Å²) in [5.74, 6) is -5.14. The van der Waals surface area contributed by atoms with Crippen LogP contribution in [0.1, 0.15) is 31.8 Å². The summed E-state index contributed by atoms with van der Waals surface area (Å²) in [5.41, 5.74) is -1.75. The molecule has 0 aromatic heterocycles. The molecule has 0 spiro atoms. The van der Waals surface area contributed by atoms with Crippen LogP contribution < -0.4 is 4.74 Å². The lowest BCUT2D eigenvalue weighted by atomic mass is 10.0. The first-order valence-electron chi connectivity index (χ1n) is 11.2. The molecule has 0 aliphatic rings. The monoisotopic (exact) mass is 568 g/mol. The first kappa shape index (κ1) is 29.6. The van der Waals surface area contributed by atoms with Gasteiger partial charge in [0.25, 0.3) is 0 Å². The quantitative estimate of drug-likeness (QED) is 0.118. The second kappa shape index (κ2) is 12.3. The third-order valence-electron chi connectivity index (χ3n) is 5.44. The number of phenolic OH excluding ortho intramolecular Hbond substituents is 3. The molecule has 14 heteroatoms. The summed E-state index contributed by atoms with van der Waals surface area (Å²) in [6.07, 6.45) is 0. The number of hydrogen-bond acceptors (Lipinski definition) is 10. The molecule has 210 valence electrons. The second-order valence-electron chi connectivity index (χ2n) is 8.10. The average molecular weight is 568 g/mol. The highest BCUT2D eigenvalue weighted by molar-refractivity contribution is 6.10. The third kappa shape index (κ3) is 6.75. The van der Waals surface area contributed by atoms with Crippen LogP contribution in [0.2, 0.25) is 0 Å². The SMILES string of the molecule is COc1cc(C(=O)c2cccc(F)c2)cc([N+](=O)[O-])c1O.O=C(c1cccc(F)c1)c1cc(O)c(O)c([N+](=O)[O-])c1. The molecule has 0 saturated carbocycles. The van der Waals surface area contributed by atoms with E-state index in [1.807, 2.05) is 0 Å². The molecule has 0 radical (unpaired) electrons. The maximum atomic E-state index is 13.1. The van der Waals surface area contributed by atoms with E-state index in [9.17, 15) is 53.9 Å². The van der Waals surface area contributed by atoms with Crippen molar-refractivity contribution in [2.75, 3.05) is 7.11 Å². The lowest BCUT2D eigenvalue weighted by molar-refractivity contribution is -0.386. The molecule has 0 fully saturated rings. The molecule has 4 rings (SSSR count). The van der Waals surface area contributed by atoms with Gasteiger partial charge in [-0.05, 0) is 36.4 Å². The van der Waals surface area contributed by atoms with Crippen molar-refractivity contribution in [1.82, 2.24) is 0 Å². The van der Waals surface area contributed by atoms with Crippen molar-refractivity contribution in [2.45, 2.75) is 0 Å². The van der Waals surface area contributed by atoms with Gasteiger partial charge in [0, 0.05) is 34.4 Å². The number of ether oxygens (including phenoxy) is 1. The van der Waals surface area contributed by atoms with Gasteiger partial charge in [-0.1, -0.05) is 24.3 Å². The standard InChI is InChI=1S/C14H10FNO5.C13H8FNO5/c1-21-12-7-9(6-11(14(12)18)16(19)20)13(17)8-3-2-4-10(15)5-8;14-9-3-1-2-7(4-9)12(17)8-5-10(15(19)20)13(18)11(16)6-8/h2-7,18H,1H3;1-6,16,18H. The van der Waals surface area contributed by atoms with Gasteiger partial charge in [0.2, 0.25) is 11.5 Å². The number of hydrogen-bond donors (Lipinski definition) is 3. The number of rotatable bonds is 7. The van der Waals surface area contributed by atoms with Crippen molar-refractivity contribution >= 4 is 22.9 Å². The van der Waals surface area contributed by atoms with Crippen LogP contribution in [0.3, 0.4) is 0 Å². The molecule has 0 saturated heterocycles. The van der Waals surface area contributed by atoms with Crippen molar-refractivity contribution in [2.24, 2.45) is 0 Å². The molecule has 12 nitrogen and oxygen atoms in total. The Bertz CT molecular complexity index is 1690. The number of carbonyl (C=O) groups is 2. The van der Waals surface area contributed by atoms with Gasteiger partial charge in [-0.15, -0.1) is 0 Å². The van der Waals surface area contributed by atoms with Gasteiger partial charge in [0.15, 0.2) is 23.1 Å². The van der Waals surface area contributed by atoms with Gasteiger partial charge in [-0.3, -0.25) is 29.8 Å². The number of phenols is 3. The zero-order valence-corrected chi connectivity index (χ0v) is 20.8. The molecular formula is C27H18F2N2O10. The first-order chi connectivity index (χ1) is 19.3. The van der Waals surface area contributed by atoms with Gasteiger partial charge in [-0.2, -0.15) is 0 Å². The molecular weight excluding hydrogens is 550 g/mol. The number of ketones is 2. The Hall–Kier alpha value is -5.92. The predicted molar refractivity (Wildman–Crippen MR) is 137 cm³/mol. The van der Waals surface area contributed by atoms with Crippen LogP contribution in [-0.4, -0.2) is 43.8 Å². The Labute approximate surface area is 228 Å². The van der Waals surface area contributed by atoms with Gasteiger partial charge >= 0.3 is 11.4 Å². The number of benzene rings is 4. The van der Waals surface area contributed by atoms with E-state index in [4.69, 9.17) is 4.74 Å². The number of methoxy groups -OCH3 is 1. The van der Waals surface area contributed by atoms with Gasteiger partial charge < -0.3 is 20.1 Å². The molecule has 0 aliphatic heterocycles. The average Bonchev–Trinajstić information content (AvgIpc) is 2.93. The lowest BCUT2D eigenvalue weighted by Crippen LogP contribution is -2.04. The Morgan fingerprint density at radius 1 is 0.683 bits per heavy atom. The summed E-state index contributed by atoms with van der Waals surface area (Å²) in [4.78, 5) is 44.1. The third-order valence-corrected chi connectivity index (χ3v) is 5.44. The summed E-state index contributed by atoms with van der Waals surface area (Å²) < 4.78 is 31.0. The number of nitrogens with zero attached hydrogens (tertiary/aromatic N) is 2. The molecule has 0 heterocycles. The normalized spacial score (nSPS) is 10.2. The van der Waals surface area contributed by atoms with E-state index in [2.05, 4.69) is 0 Å². The van der Waals surface area contributed by atoms with E-state index in [-0.39, 0.29) is 28.0 Å². The molecule has 0 unspecified atom stereocenters. The summed E-state index contributed by atoms with van der Waals surface area (Å²) in [6.45, 7) is 0. The Morgan fingerprint density at radius 2 is 1.12 bits per heavy atom. The summed E-state index contributed by atoms with van der Waals surface area (Å²) >= 11 is 0. The molecule has 0 aliphatic carbocycles. The molecule has 4 aromatic carbocycles. The minimum absolute atomic E-state index is 0.0237. The fraction of sp³-hybridized carbons (Fsp3) is 0.0370. The number of aromatic hydroxyl groups is 3. The van der Waals surface area contributed by atoms with E-state index in [1.54, 1.807) is 0 Å². The van der Waals surface area contributed by atoms with Crippen molar-refractivity contribution in [3.05, 3.63) is 127 Å². The Morgan fingerprint density at radius 3 is 1.54 bits per heavy atom. The summed E-state index contributed by atoms with van der Waals surface area (Å²) in [5, 5.41) is 49.9. The Balaban J connectivity index is 0.000000226. The topological polar surface area (TPSA) is 190 Å². The van der Waals surface area contributed by atoms with Crippen LogP contribution in [0, 0.1) is 31.9 Å². The van der Waals surface area contributed by atoms with Crippen LogP contribution in [0.4, 0.5) is 20.2 Å². The highest BCUT2D eigenvalue weighted by Gasteiger charge is 2.24. The van der Waals surface area contributed by atoms with E-state index in [0.29, 0.717) is 0 Å². The Kier molecular flexibility index (Phi) is 8.88. The van der Waals surface area contributed by atoms with Crippen molar-refractivity contribution in [1.29, 1.82) is 0 Å². The van der Waals surface area contributed by atoms with Crippen molar-refractivity contribution < 1.29 is 48.3 Å².